The Labute approximate surface area is 118 Å². The minimum absolute atomic E-state index is 0.0275. The molecule has 0 bridgehead atoms. The van der Waals surface area contributed by atoms with Crippen LogP contribution in [0.1, 0.15) is 36.2 Å². The van der Waals surface area contributed by atoms with Gasteiger partial charge in [-0.05, 0) is 25.0 Å². The van der Waals surface area contributed by atoms with Crippen LogP contribution in [0.3, 0.4) is 0 Å². The zero-order chi connectivity index (χ0) is 13.9. The number of rotatable bonds is 2. The molecule has 1 aromatic rings. The van der Waals surface area contributed by atoms with Gasteiger partial charge in [-0.2, -0.15) is 0 Å². The van der Waals surface area contributed by atoms with Crippen LogP contribution in [0.25, 0.3) is 0 Å². The maximum Gasteiger partial charge on any atom is 0.274 e. The Hall–Kier alpha value is -1.69. The van der Waals surface area contributed by atoms with Gasteiger partial charge in [0, 0.05) is 13.6 Å². The molecule has 1 aromatic heterocycles. The molecule has 2 fully saturated rings. The number of anilines is 1. The molecule has 2 aliphatic rings. The van der Waals surface area contributed by atoms with Crippen molar-refractivity contribution in [3.63, 3.8) is 0 Å². The number of nitrogens with zero attached hydrogens (tertiary/aromatic N) is 3. The molecule has 1 N–H and O–H groups in total. The van der Waals surface area contributed by atoms with Crippen molar-refractivity contribution in [2.45, 2.75) is 37.8 Å². The van der Waals surface area contributed by atoms with Gasteiger partial charge < -0.3 is 15.0 Å². The lowest BCUT2D eigenvalue weighted by Crippen LogP contribution is -2.55. The third-order valence-electron chi connectivity index (χ3n) is 4.13. The van der Waals surface area contributed by atoms with E-state index in [1.165, 1.54) is 12.8 Å². The molecule has 0 radical (unpaired) electrons. The number of carbonyl (C=O) groups is 1. The first kappa shape index (κ1) is 13.3. The Bertz CT molecular complexity index is 475. The Morgan fingerprint density at radius 3 is 2.95 bits per heavy atom. The molecule has 1 saturated carbocycles. The van der Waals surface area contributed by atoms with E-state index < -0.39 is 0 Å². The van der Waals surface area contributed by atoms with Crippen molar-refractivity contribution in [3.8, 4) is 0 Å². The van der Waals surface area contributed by atoms with E-state index in [2.05, 4.69) is 15.5 Å². The minimum Gasteiger partial charge on any atom is -0.374 e. The van der Waals surface area contributed by atoms with E-state index in [9.17, 15) is 4.79 Å². The van der Waals surface area contributed by atoms with E-state index in [4.69, 9.17) is 4.74 Å². The third-order valence-corrected chi connectivity index (χ3v) is 4.13. The fourth-order valence-electron chi connectivity index (χ4n) is 3.08. The summed E-state index contributed by atoms with van der Waals surface area (Å²) < 4.78 is 5.79. The first-order valence-corrected chi connectivity index (χ1v) is 7.23. The van der Waals surface area contributed by atoms with Crippen LogP contribution in [0.15, 0.2) is 12.1 Å². The van der Waals surface area contributed by atoms with Gasteiger partial charge in [0.2, 0.25) is 0 Å². The van der Waals surface area contributed by atoms with E-state index in [-0.39, 0.29) is 18.1 Å². The predicted octanol–water partition coefficient (Wildman–Crippen LogP) is 1.30. The molecular formula is C14H20N4O2. The number of hydrogen-bond donors (Lipinski definition) is 1. The molecule has 2 atom stereocenters. The average Bonchev–Trinajstić information content (AvgIpc) is 2.54. The van der Waals surface area contributed by atoms with Crippen LogP contribution in [0.4, 0.5) is 5.82 Å². The molecule has 1 aliphatic heterocycles. The molecule has 6 heteroatoms. The first-order chi connectivity index (χ1) is 9.79. The predicted molar refractivity (Wildman–Crippen MR) is 74.6 cm³/mol. The first-order valence-electron chi connectivity index (χ1n) is 7.23. The number of nitrogens with one attached hydrogen (secondary N) is 1. The highest BCUT2D eigenvalue weighted by molar-refractivity contribution is 5.92. The fraction of sp³-hybridized carbons (Fsp3) is 0.643. The Morgan fingerprint density at radius 2 is 2.20 bits per heavy atom. The second-order valence-corrected chi connectivity index (χ2v) is 5.31. The standard InChI is InChI=1S/C14H20N4O2/c1-15-13-7-6-10(16-17-13)14(19)18-8-9-20-12-5-3-2-4-11(12)18/h6-7,11-12H,2-5,8-9H2,1H3,(H,15,17). The van der Waals surface area contributed by atoms with Gasteiger partial charge >= 0.3 is 0 Å². The number of fused-ring (bicyclic) bond motifs is 1. The van der Waals surface area contributed by atoms with Crippen molar-refractivity contribution in [2.75, 3.05) is 25.5 Å². The number of ether oxygens (including phenoxy) is 1. The van der Waals surface area contributed by atoms with Crippen LogP contribution in [-0.4, -0.2) is 53.3 Å². The van der Waals surface area contributed by atoms with Gasteiger partial charge in [-0.25, -0.2) is 0 Å². The largest absolute Gasteiger partial charge is 0.374 e. The van der Waals surface area contributed by atoms with E-state index in [0.29, 0.717) is 24.7 Å². The normalized spacial score (nSPS) is 25.9. The van der Waals surface area contributed by atoms with Gasteiger partial charge in [-0.1, -0.05) is 12.8 Å². The van der Waals surface area contributed by atoms with Crippen LogP contribution in [0.2, 0.25) is 0 Å². The molecule has 0 aromatic carbocycles. The Kier molecular flexibility index (Phi) is 3.82. The second kappa shape index (κ2) is 5.75. The van der Waals surface area contributed by atoms with Crippen LogP contribution >= 0.6 is 0 Å². The van der Waals surface area contributed by atoms with E-state index >= 15 is 0 Å². The molecule has 20 heavy (non-hydrogen) atoms. The monoisotopic (exact) mass is 276 g/mol. The number of aromatic nitrogens is 2. The quantitative estimate of drug-likeness (QED) is 0.882. The fourth-order valence-corrected chi connectivity index (χ4v) is 3.08. The highest BCUT2D eigenvalue weighted by Crippen LogP contribution is 2.29. The lowest BCUT2D eigenvalue weighted by Gasteiger charge is -2.43. The maximum atomic E-state index is 12.6. The van der Waals surface area contributed by atoms with Gasteiger partial charge in [-0.3, -0.25) is 4.79 Å². The summed E-state index contributed by atoms with van der Waals surface area (Å²) in [5.41, 5.74) is 0.412. The van der Waals surface area contributed by atoms with E-state index in [1.807, 2.05) is 4.90 Å². The number of hydrogen-bond acceptors (Lipinski definition) is 5. The topological polar surface area (TPSA) is 67.4 Å². The van der Waals surface area contributed by atoms with Crippen LogP contribution in [0.5, 0.6) is 0 Å². The molecule has 1 aliphatic carbocycles. The van der Waals surface area contributed by atoms with Crippen LogP contribution in [-0.2, 0) is 4.74 Å². The molecule has 1 saturated heterocycles. The summed E-state index contributed by atoms with van der Waals surface area (Å²) in [6.45, 7) is 1.27. The zero-order valence-corrected chi connectivity index (χ0v) is 11.7. The Balaban J connectivity index is 1.77. The number of morpholine rings is 1. The van der Waals surface area contributed by atoms with Gasteiger partial charge in [0.05, 0.1) is 18.8 Å². The molecule has 6 nitrogen and oxygen atoms in total. The van der Waals surface area contributed by atoms with Crippen molar-refractivity contribution in [2.24, 2.45) is 0 Å². The summed E-state index contributed by atoms with van der Waals surface area (Å²) in [6, 6.07) is 3.71. The van der Waals surface area contributed by atoms with Crippen molar-refractivity contribution < 1.29 is 9.53 Å². The summed E-state index contributed by atoms with van der Waals surface area (Å²) in [7, 11) is 1.78. The van der Waals surface area contributed by atoms with Gasteiger partial charge in [0.15, 0.2) is 5.69 Å². The SMILES string of the molecule is CNc1ccc(C(=O)N2CCOC3CCCCC32)nn1. The molecule has 2 heterocycles. The highest BCUT2D eigenvalue weighted by atomic mass is 16.5. The van der Waals surface area contributed by atoms with Crippen molar-refractivity contribution in [1.29, 1.82) is 0 Å². The third kappa shape index (κ3) is 2.47. The van der Waals surface area contributed by atoms with Gasteiger partial charge in [0.25, 0.3) is 5.91 Å². The minimum atomic E-state index is -0.0275. The van der Waals surface area contributed by atoms with Gasteiger partial charge in [0.1, 0.15) is 5.82 Å². The second-order valence-electron chi connectivity index (χ2n) is 5.31. The van der Waals surface area contributed by atoms with Crippen LogP contribution < -0.4 is 5.32 Å². The highest BCUT2D eigenvalue weighted by Gasteiger charge is 2.37. The summed E-state index contributed by atoms with van der Waals surface area (Å²) in [6.07, 6.45) is 4.64. The lowest BCUT2D eigenvalue weighted by molar-refractivity contribution is -0.0754. The van der Waals surface area contributed by atoms with Gasteiger partial charge in [-0.15, -0.1) is 10.2 Å². The summed E-state index contributed by atoms with van der Waals surface area (Å²) in [5.74, 6) is 0.638. The summed E-state index contributed by atoms with van der Waals surface area (Å²) in [4.78, 5) is 14.5. The molecule has 0 spiro atoms. The average molecular weight is 276 g/mol. The number of amides is 1. The molecule has 108 valence electrons. The summed E-state index contributed by atoms with van der Waals surface area (Å²) >= 11 is 0. The number of carbonyl (C=O) groups excluding carboxylic acids is 1. The summed E-state index contributed by atoms with van der Waals surface area (Å²) in [5, 5.41) is 10.9. The molecule has 1 amide bonds. The Morgan fingerprint density at radius 1 is 1.35 bits per heavy atom. The smallest absolute Gasteiger partial charge is 0.274 e. The van der Waals surface area contributed by atoms with Crippen molar-refractivity contribution in [3.05, 3.63) is 17.8 Å². The van der Waals surface area contributed by atoms with Crippen molar-refractivity contribution >= 4 is 11.7 Å². The maximum absolute atomic E-state index is 12.6. The molecule has 2 unspecified atom stereocenters. The van der Waals surface area contributed by atoms with E-state index in [0.717, 1.165) is 12.8 Å². The van der Waals surface area contributed by atoms with Crippen LogP contribution in [0, 0.1) is 0 Å². The zero-order valence-electron chi connectivity index (χ0n) is 11.7. The molecular weight excluding hydrogens is 256 g/mol. The van der Waals surface area contributed by atoms with Crippen molar-refractivity contribution in [1.82, 2.24) is 15.1 Å². The molecule has 3 rings (SSSR count). The lowest BCUT2D eigenvalue weighted by atomic mass is 9.90. The van der Waals surface area contributed by atoms with E-state index in [1.54, 1.807) is 19.2 Å².